The van der Waals surface area contributed by atoms with Crippen molar-refractivity contribution in [2.75, 3.05) is 20.3 Å². The van der Waals surface area contributed by atoms with E-state index in [2.05, 4.69) is 48.5 Å². The second-order valence-electron chi connectivity index (χ2n) is 7.77. The lowest BCUT2D eigenvalue weighted by molar-refractivity contribution is -0.140. The van der Waals surface area contributed by atoms with Gasteiger partial charge in [0, 0.05) is 0 Å². The van der Waals surface area contributed by atoms with Crippen LogP contribution in [0.1, 0.15) is 43.7 Å². The molecule has 0 saturated carbocycles. The number of hydrogen-bond donors (Lipinski definition) is 0. The summed E-state index contributed by atoms with van der Waals surface area (Å²) in [6.07, 6.45) is 1.11. The van der Waals surface area contributed by atoms with Crippen LogP contribution in [0.4, 0.5) is 0 Å². The van der Waals surface area contributed by atoms with Crippen molar-refractivity contribution < 1.29 is 19.1 Å². The number of carbonyl (C=O) groups excluding carboxylic acids is 1. The Morgan fingerprint density at radius 2 is 1.64 bits per heavy atom. The highest BCUT2D eigenvalue weighted by Gasteiger charge is 2.12. The van der Waals surface area contributed by atoms with E-state index in [1.807, 2.05) is 49.4 Å². The molecule has 1 unspecified atom stereocenters. The third kappa shape index (κ3) is 7.21. The number of oxime groups is 1. The van der Waals surface area contributed by atoms with Crippen LogP contribution in [0.2, 0.25) is 0 Å². The first-order valence-corrected chi connectivity index (χ1v) is 11.2. The van der Waals surface area contributed by atoms with Gasteiger partial charge >= 0.3 is 5.97 Å². The Hall–Kier alpha value is -3.60. The van der Waals surface area contributed by atoms with Gasteiger partial charge in [0.25, 0.3) is 0 Å². The molecule has 0 radical (unpaired) electrons. The second-order valence-corrected chi connectivity index (χ2v) is 7.77. The van der Waals surface area contributed by atoms with Crippen LogP contribution in [0.15, 0.2) is 84.0 Å². The summed E-state index contributed by atoms with van der Waals surface area (Å²) < 4.78 is 10.6. The first kappa shape index (κ1) is 24.1. The molecule has 0 aliphatic rings. The molecule has 0 aliphatic heterocycles. The molecule has 3 aromatic rings. The zero-order valence-corrected chi connectivity index (χ0v) is 19.5. The molecule has 5 nitrogen and oxygen atoms in total. The molecule has 1 atom stereocenters. The first-order chi connectivity index (χ1) is 16.1. The summed E-state index contributed by atoms with van der Waals surface area (Å²) in [5.74, 6) is 0.577. The minimum atomic E-state index is -0.221. The van der Waals surface area contributed by atoms with Crippen LogP contribution >= 0.6 is 0 Å². The number of esters is 1. The summed E-state index contributed by atoms with van der Waals surface area (Å²) in [7, 11) is 1.40. The molecule has 3 rings (SSSR count). The van der Waals surface area contributed by atoms with Crippen molar-refractivity contribution in [3.8, 4) is 16.9 Å². The van der Waals surface area contributed by atoms with Gasteiger partial charge in [-0.05, 0) is 46.7 Å². The number of benzene rings is 3. The number of nitrogens with zero attached hydrogens (tertiary/aromatic N) is 1. The molecule has 0 aliphatic carbocycles. The lowest BCUT2D eigenvalue weighted by atomic mass is 9.98. The maximum atomic E-state index is 11.5. The normalized spacial score (nSPS) is 12.2. The van der Waals surface area contributed by atoms with Gasteiger partial charge in [-0.1, -0.05) is 85.7 Å². The highest BCUT2D eigenvalue weighted by molar-refractivity contribution is 6.00. The van der Waals surface area contributed by atoms with Gasteiger partial charge in [0.1, 0.15) is 12.4 Å². The number of rotatable bonds is 11. The molecular formula is C28H31NO4. The Morgan fingerprint density at radius 1 is 0.909 bits per heavy atom. The summed E-state index contributed by atoms with van der Waals surface area (Å²) in [5, 5.41) is 4.32. The fourth-order valence-electron chi connectivity index (χ4n) is 3.49. The minimum absolute atomic E-state index is 0.0576. The molecule has 0 N–H and O–H groups in total. The van der Waals surface area contributed by atoms with E-state index in [9.17, 15) is 4.79 Å². The van der Waals surface area contributed by atoms with Crippen LogP contribution in [0.25, 0.3) is 11.1 Å². The smallest absolute Gasteiger partial charge is 0.306 e. The van der Waals surface area contributed by atoms with Crippen molar-refractivity contribution in [1.82, 2.24) is 0 Å². The average molecular weight is 446 g/mol. The van der Waals surface area contributed by atoms with E-state index in [-0.39, 0.29) is 11.9 Å². The third-order valence-corrected chi connectivity index (χ3v) is 5.41. The van der Waals surface area contributed by atoms with Crippen molar-refractivity contribution in [1.29, 1.82) is 0 Å². The third-order valence-electron chi connectivity index (χ3n) is 5.41. The van der Waals surface area contributed by atoms with Crippen molar-refractivity contribution in [2.45, 2.75) is 32.6 Å². The number of carbonyl (C=O) groups is 1. The molecular weight excluding hydrogens is 414 g/mol. The van der Waals surface area contributed by atoms with Gasteiger partial charge in [-0.3, -0.25) is 4.79 Å². The monoisotopic (exact) mass is 445 g/mol. The van der Waals surface area contributed by atoms with E-state index >= 15 is 0 Å². The van der Waals surface area contributed by atoms with Gasteiger partial charge in [0.05, 0.1) is 19.2 Å². The number of ether oxygens (including phenoxy) is 2. The summed E-state index contributed by atoms with van der Waals surface area (Å²) >= 11 is 0. The van der Waals surface area contributed by atoms with Crippen molar-refractivity contribution in [3.05, 3.63) is 90.0 Å². The molecule has 172 valence electrons. The largest absolute Gasteiger partial charge is 0.490 e. The van der Waals surface area contributed by atoms with Gasteiger partial charge < -0.3 is 14.3 Å². The number of hydrogen-bond acceptors (Lipinski definition) is 5. The molecule has 33 heavy (non-hydrogen) atoms. The lowest BCUT2D eigenvalue weighted by Gasteiger charge is -2.12. The molecule has 0 heterocycles. The van der Waals surface area contributed by atoms with Gasteiger partial charge in [0.15, 0.2) is 6.61 Å². The van der Waals surface area contributed by atoms with Crippen molar-refractivity contribution in [2.24, 2.45) is 5.16 Å². The van der Waals surface area contributed by atoms with Crippen LogP contribution in [-0.2, 0) is 14.4 Å². The fourth-order valence-corrected chi connectivity index (χ4v) is 3.49. The first-order valence-electron chi connectivity index (χ1n) is 11.2. The number of methoxy groups -OCH3 is 1. The van der Waals surface area contributed by atoms with Crippen LogP contribution in [0.5, 0.6) is 5.75 Å². The summed E-state index contributed by atoms with van der Waals surface area (Å²) in [5.41, 5.74) is 5.34. The van der Waals surface area contributed by atoms with Gasteiger partial charge in [-0.25, -0.2) is 0 Å². The summed E-state index contributed by atoms with van der Waals surface area (Å²) in [6.45, 7) is 4.77. The van der Waals surface area contributed by atoms with Crippen molar-refractivity contribution in [3.63, 3.8) is 0 Å². The van der Waals surface area contributed by atoms with E-state index in [4.69, 9.17) is 14.3 Å². The molecule has 0 bridgehead atoms. The van der Waals surface area contributed by atoms with E-state index < -0.39 is 0 Å². The Labute approximate surface area is 196 Å². The maximum Gasteiger partial charge on any atom is 0.306 e. The van der Waals surface area contributed by atoms with Gasteiger partial charge in [-0.2, -0.15) is 0 Å². The van der Waals surface area contributed by atoms with Gasteiger partial charge in [0.2, 0.25) is 0 Å². The van der Waals surface area contributed by atoms with E-state index in [0.717, 1.165) is 29.0 Å². The molecule has 3 aromatic carbocycles. The molecule has 0 spiro atoms. The minimum Gasteiger partial charge on any atom is -0.490 e. The summed E-state index contributed by atoms with van der Waals surface area (Å²) in [4.78, 5) is 17.0. The van der Waals surface area contributed by atoms with Gasteiger partial charge in [-0.15, -0.1) is 0 Å². The zero-order chi connectivity index (χ0) is 23.5. The average Bonchev–Trinajstić information content (AvgIpc) is 2.87. The van der Waals surface area contributed by atoms with Crippen LogP contribution in [0, 0.1) is 0 Å². The van der Waals surface area contributed by atoms with Crippen molar-refractivity contribution >= 4 is 11.7 Å². The lowest BCUT2D eigenvalue weighted by Crippen LogP contribution is -2.08. The maximum absolute atomic E-state index is 11.5. The second kappa shape index (κ2) is 12.4. The Balaban J connectivity index is 1.50. The molecule has 0 amide bonds. The molecule has 5 heteroatoms. The van der Waals surface area contributed by atoms with E-state index in [0.29, 0.717) is 19.6 Å². The van der Waals surface area contributed by atoms with E-state index in [1.54, 1.807) is 0 Å². The Bertz CT molecular complexity index is 1050. The Kier molecular flexibility index (Phi) is 9.07. The Morgan fingerprint density at radius 3 is 2.33 bits per heavy atom. The predicted octanol–water partition coefficient (Wildman–Crippen LogP) is 6.23. The topological polar surface area (TPSA) is 57.1 Å². The zero-order valence-electron chi connectivity index (χ0n) is 19.5. The van der Waals surface area contributed by atoms with Crippen LogP contribution in [-0.4, -0.2) is 32.0 Å². The SMILES string of the molecule is CC/C(=N\OCCOc1cccc(C(C)CC(=O)OC)c1)c1ccc(-c2ccccc2)cc1. The van der Waals surface area contributed by atoms with E-state index in [1.165, 1.54) is 18.2 Å². The molecule has 0 saturated heterocycles. The highest BCUT2D eigenvalue weighted by atomic mass is 16.6. The standard InChI is InChI=1S/C28H31NO4/c1-4-27(24-15-13-23(14-16-24)22-9-6-5-7-10-22)29-33-18-17-32-26-12-8-11-25(20-26)21(2)19-28(30)31-3/h5-16,20-21H,4,17-19H2,1-3H3/b29-27+. The van der Waals surface area contributed by atoms with Crippen LogP contribution in [0.3, 0.4) is 0 Å². The van der Waals surface area contributed by atoms with Crippen LogP contribution < -0.4 is 4.74 Å². The fraction of sp³-hybridized carbons (Fsp3) is 0.286. The molecule has 0 aromatic heterocycles. The summed E-state index contributed by atoms with van der Waals surface area (Å²) in [6, 6.07) is 26.4. The highest BCUT2D eigenvalue weighted by Crippen LogP contribution is 2.24. The quantitative estimate of drug-likeness (QED) is 0.152. The molecule has 0 fully saturated rings. The predicted molar refractivity (Wildman–Crippen MR) is 132 cm³/mol.